The van der Waals surface area contributed by atoms with Gasteiger partial charge in [0.15, 0.2) is 0 Å². The second kappa shape index (κ2) is 6.18. The van der Waals surface area contributed by atoms with E-state index >= 15 is 0 Å². The van der Waals surface area contributed by atoms with Crippen LogP contribution in [0.25, 0.3) is 0 Å². The van der Waals surface area contributed by atoms with Crippen LogP contribution in [0.5, 0.6) is 0 Å². The van der Waals surface area contributed by atoms with Gasteiger partial charge in [-0.15, -0.1) is 0 Å². The summed E-state index contributed by atoms with van der Waals surface area (Å²) in [5.74, 6) is 0.205. The summed E-state index contributed by atoms with van der Waals surface area (Å²) >= 11 is 0. The summed E-state index contributed by atoms with van der Waals surface area (Å²) in [6, 6.07) is 11.4. The average Bonchev–Trinajstić information content (AvgIpc) is 3.40. The summed E-state index contributed by atoms with van der Waals surface area (Å²) in [7, 11) is 0. The molecule has 1 saturated carbocycles. The van der Waals surface area contributed by atoms with E-state index in [0.29, 0.717) is 18.0 Å². The smallest absolute Gasteiger partial charge is 0.269 e. The second-order valence-corrected chi connectivity index (χ2v) is 5.66. The largest absolute Gasteiger partial charge is 0.326 e. The van der Waals surface area contributed by atoms with Crippen molar-refractivity contribution in [1.29, 1.82) is 0 Å². The SMILES string of the molecule is NCc1ccc(NC(=O)c2ccc([N+](=O)[O-])cc2)c(C2CC2)c1. The van der Waals surface area contributed by atoms with Crippen LogP contribution in [0.15, 0.2) is 42.5 Å². The van der Waals surface area contributed by atoms with Gasteiger partial charge in [0.05, 0.1) is 4.92 Å². The number of benzene rings is 2. The molecule has 1 amide bonds. The van der Waals surface area contributed by atoms with Crippen LogP contribution in [0.4, 0.5) is 11.4 Å². The van der Waals surface area contributed by atoms with Crippen molar-refractivity contribution in [1.82, 2.24) is 0 Å². The molecule has 1 aliphatic rings. The fourth-order valence-electron chi connectivity index (χ4n) is 2.51. The van der Waals surface area contributed by atoms with Gasteiger partial charge in [-0.25, -0.2) is 0 Å². The number of nitrogens with two attached hydrogens (primary N) is 1. The fraction of sp³-hybridized carbons (Fsp3) is 0.235. The molecule has 6 heteroatoms. The monoisotopic (exact) mass is 311 g/mol. The molecular formula is C17H17N3O3. The number of anilines is 1. The van der Waals surface area contributed by atoms with Crippen molar-refractivity contribution in [2.45, 2.75) is 25.3 Å². The maximum absolute atomic E-state index is 12.3. The van der Waals surface area contributed by atoms with Crippen molar-refractivity contribution in [3.8, 4) is 0 Å². The van der Waals surface area contributed by atoms with E-state index in [9.17, 15) is 14.9 Å². The normalized spacial score (nSPS) is 13.6. The number of hydrogen-bond donors (Lipinski definition) is 2. The lowest BCUT2D eigenvalue weighted by molar-refractivity contribution is -0.384. The predicted octanol–water partition coefficient (Wildman–Crippen LogP) is 3.18. The molecule has 23 heavy (non-hydrogen) atoms. The summed E-state index contributed by atoms with van der Waals surface area (Å²) in [6.45, 7) is 0.469. The quantitative estimate of drug-likeness (QED) is 0.654. The first kappa shape index (κ1) is 15.2. The third-order valence-corrected chi connectivity index (χ3v) is 3.96. The predicted molar refractivity (Wildman–Crippen MR) is 87.4 cm³/mol. The van der Waals surface area contributed by atoms with Crippen LogP contribution in [0, 0.1) is 10.1 Å². The third-order valence-electron chi connectivity index (χ3n) is 3.96. The van der Waals surface area contributed by atoms with Gasteiger partial charge in [0.1, 0.15) is 0 Å². The van der Waals surface area contributed by atoms with Gasteiger partial charge in [-0.1, -0.05) is 12.1 Å². The van der Waals surface area contributed by atoms with E-state index in [1.54, 1.807) is 0 Å². The molecule has 2 aromatic rings. The Morgan fingerprint density at radius 3 is 2.48 bits per heavy atom. The summed E-state index contributed by atoms with van der Waals surface area (Å²) in [4.78, 5) is 22.5. The van der Waals surface area contributed by atoms with Crippen LogP contribution in [-0.2, 0) is 6.54 Å². The molecule has 0 bridgehead atoms. The van der Waals surface area contributed by atoms with Crippen molar-refractivity contribution in [2.24, 2.45) is 5.73 Å². The van der Waals surface area contributed by atoms with Crippen molar-refractivity contribution < 1.29 is 9.72 Å². The Bertz CT molecular complexity index is 752. The van der Waals surface area contributed by atoms with Crippen LogP contribution < -0.4 is 11.1 Å². The Labute approximate surface area is 133 Å². The number of carbonyl (C=O) groups is 1. The Balaban J connectivity index is 1.81. The summed E-state index contributed by atoms with van der Waals surface area (Å²) < 4.78 is 0. The molecule has 0 aromatic heterocycles. The zero-order valence-corrected chi connectivity index (χ0v) is 12.5. The first-order valence-corrected chi connectivity index (χ1v) is 7.47. The topological polar surface area (TPSA) is 98.3 Å². The maximum atomic E-state index is 12.3. The number of nitrogens with zero attached hydrogens (tertiary/aromatic N) is 1. The highest BCUT2D eigenvalue weighted by atomic mass is 16.6. The van der Waals surface area contributed by atoms with Gasteiger partial charge in [-0.2, -0.15) is 0 Å². The maximum Gasteiger partial charge on any atom is 0.269 e. The molecule has 0 spiro atoms. The van der Waals surface area contributed by atoms with E-state index in [1.165, 1.54) is 24.3 Å². The van der Waals surface area contributed by atoms with Crippen LogP contribution in [0.2, 0.25) is 0 Å². The fourth-order valence-corrected chi connectivity index (χ4v) is 2.51. The molecule has 118 valence electrons. The highest BCUT2D eigenvalue weighted by Crippen LogP contribution is 2.43. The zero-order valence-electron chi connectivity index (χ0n) is 12.5. The molecule has 1 aliphatic carbocycles. The van der Waals surface area contributed by atoms with Crippen molar-refractivity contribution in [2.75, 3.05) is 5.32 Å². The van der Waals surface area contributed by atoms with E-state index in [4.69, 9.17) is 5.73 Å². The van der Waals surface area contributed by atoms with E-state index in [-0.39, 0.29) is 11.6 Å². The van der Waals surface area contributed by atoms with Crippen LogP contribution in [-0.4, -0.2) is 10.8 Å². The van der Waals surface area contributed by atoms with Gasteiger partial charge in [-0.05, 0) is 48.1 Å². The van der Waals surface area contributed by atoms with Gasteiger partial charge in [-0.3, -0.25) is 14.9 Å². The second-order valence-electron chi connectivity index (χ2n) is 5.66. The molecule has 1 fully saturated rings. The lowest BCUT2D eigenvalue weighted by atomic mass is 10.0. The van der Waals surface area contributed by atoms with E-state index in [2.05, 4.69) is 5.32 Å². The standard InChI is InChI=1S/C17H17N3O3/c18-10-11-1-8-16(15(9-11)12-2-3-12)19-17(21)13-4-6-14(7-5-13)20(22)23/h1,4-9,12H,2-3,10,18H2,(H,19,21). The number of rotatable bonds is 5. The Morgan fingerprint density at radius 1 is 1.22 bits per heavy atom. The van der Waals surface area contributed by atoms with Gasteiger partial charge in [0.2, 0.25) is 0 Å². The van der Waals surface area contributed by atoms with Gasteiger partial charge >= 0.3 is 0 Å². The molecule has 0 heterocycles. The third kappa shape index (κ3) is 3.37. The highest BCUT2D eigenvalue weighted by molar-refractivity contribution is 6.04. The lowest BCUT2D eigenvalue weighted by Gasteiger charge is -2.12. The Kier molecular flexibility index (Phi) is 4.08. The number of hydrogen-bond acceptors (Lipinski definition) is 4. The van der Waals surface area contributed by atoms with E-state index in [1.807, 2.05) is 18.2 Å². The molecule has 0 aliphatic heterocycles. The first-order valence-electron chi connectivity index (χ1n) is 7.47. The number of carbonyl (C=O) groups excluding carboxylic acids is 1. The van der Waals surface area contributed by atoms with Crippen molar-refractivity contribution >= 4 is 17.3 Å². The molecule has 0 unspecified atom stereocenters. The number of nitro benzene ring substituents is 1. The highest BCUT2D eigenvalue weighted by Gasteiger charge is 2.27. The lowest BCUT2D eigenvalue weighted by Crippen LogP contribution is -2.13. The van der Waals surface area contributed by atoms with Gasteiger partial charge in [0, 0.05) is 29.9 Å². The van der Waals surface area contributed by atoms with E-state index < -0.39 is 4.92 Å². The summed E-state index contributed by atoms with van der Waals surface area (Å²) in [5.41, 5.74) is 8.97. The van der Waals surface area contributed by atoms with Crippen LogP contribution in [0.3, 0.4) is 0 Å². The summed E-state index contributed by atoms with van der Waals surface area (Å²) in [5, 5.41) is 13.6. The minimum absolute atomic E-state index is 0.0347. The molecule has 6 nitrogen and oxygen atoms in total. The van der Waals surface area contributed by atoms with Crippen molar-refractivity contribution in [3.63, 3.8) is 0 Å². The molecule has 2 aromatic carbocycles. The molecule has 0 atom stereocenters. The number of amides is 1. The number of nitro groups is 1. The van der Waals surface area contributed by atoms with Gasteiger partial charge in [0.25, 0.3) is 11.6 Å². The minimum atomic E-state index is -0.488. The molecular weight excluding hydrogens is 294 g/mol. The first-order chi connectivity index (χ1) is 11.1. The number of nitrogens with one attached hydrogen (secondary N) is 1. The average molecular weight is 311 g/mol. The zero-order chi connectivity index (χ0) is 16.4. The molecule has 0 saturated heterocycles. The van der Waals surface area contributed by atoms with Crippen LogP contribution in [0.1, 0.15) is 40.2 Å². The van der Waals surface area contributed by atoms with E-state index in [0.717, 1.165) is 29.7 Å². The van der Waals surface area contributed by atoms with Gasteiger partial charge < -0.3 is 11.1 Å². The molecule has 0 radical (unpaired) electrons. The van der Waals surface area contributed by atoms with Crippen molar-refractivity contribution in [3.05, 3.63) is 69.3 Å². The molecule has 3 N–H and O–H groups in total. The van der Waals surface area contributed by atoms with Crippen LogP contribution >= 0.6 is 0 Å². The number of non-ortho nitro benzene ring substituents is 1. The Hall–Kier alpha value is -2.73. The molecule has 3 rings (SSSR count). The summed E-state index contributed by atoms with van der Waals surface area (Å²) in [6.07, 6.45) is 2.24. The Morgan fingerprint density at radius 2 is 1.91 bits per heavy atom. The minimum Gasteiger partial charge on any atom is -0.326 e.